The van der Waals surface area contributed by atoms with Crippen molar-refractivity contribution in [1.29, 1.82) is 0 Å². The molecule has 0 saturated carbocycles. The molecule has 1 aromatic rings. The number of carbonyl (C=O) groups excluding carboxylic acids is 1. The molecule has 0 unspecified atom stereocenters. The fraction of sp³-hybridized carbons (Fsp3) is 0.500. The number of benzene rings is 1. The Balaban J connectivity index is 1.97. The third-order valence-electron chi connectivity index (χ3n) is 3.47. The number of rotatable bonds is 3. The number of likely N-dealkylation sites (tertiary alicyclic amines) is 1. The second-order valence-corrected chi connectivity index (χ2v) is 4.77. The first-order valence-electron chi connectivity index (χ1n) is 6.45. The van der Waals surface area contributed by atoms with Crippen LogP contribution in [0.1, 0.15) is 19.8 Å². The Hall–Kier alpha value is -1.78. The zero-order chi connectivity index (χ0) is 13.8. The van der Waals surface area contributed by atoms with E-state index < -0.39 is 0 Å². The van der Waals surface area contributed by atoms with Crippen LogP contribution in [0.5, 0.6) is 5.75 Å². The van der Waals surface area contributed by atoms with Crippen LogP contribution in [0.15, 0.2) is 18.2 Å². The van der Waals surface area contributed by atoms with Gasteiger partial charge in [-0.25, -0.2) is 4.39 Å². The maximum atomic E-state index is 13.7. The van der Waals surface area contributed by atoms with Gasteiger partial charge in [0.05, 0.1) is 12.8 Å². The molecular formula is C14H19FN2O2. The van der Waals surface area contributed by atoms with Crippen LogP contribution in [0, 0.1) is 5.82 Å². The van der Waals surface area contributed by atoms with E-state index in [-0.39, 0.29) is 17.8 Å². The molecule has 1 heterocycles. The predicted molar refractivity (Wildman–Crippen MR) is 71.9 cm³/mol. The van der Waals surface area contributed by atoms with Crippen molar-refractivity contribution in [2.45, 2.75) is 25.8 Å². The number of carbonyl (C=O) groups is 1. The first-order chi connectivity index (χ1) is 9.10. The number of ether oxygens (including phenoxy) is 1. The molecule has 104 valence electrons. The summed E-state index contributed by atoms with van der Waals surface area (Å²) in [5, 5.41) is 3.19. The second-order valence-electron chi connectivity index (χ2n) is 4.77. The summed E-state index contributed by atoms with van der Waals surface area (Å²) in [5.41, 5.74) is 0.459. The predicted octanol–water partition coefficient (Wildman–Crippen LogP) is 2.26. The molecule has 2 rings (SSSR count). The number of nitrogens with zero attached hydrogens (tertiary/aromatic N) is 1. The number of methoxy groups -OCH3 is 1. The van der Waals surface area contributed by atoms with E-state index in [9.17, 15) is 9.18 Å². The van der Waals surface area contributed by atoms with Crippen LogP contribution in [0.25, 0.3) is 0 Å². The largest absolute Gasteiger partial charge is 0.497 e. The summed E-state index contributed by atoms with van der Waals surface area (Å²) in [7, 11) is 1.56. The number of amides is 1. The zero-order valence-corrected chi connectivity index (χ0v) is 11.3. The maximum absolute atomic E-state index is 13.7. The molecule has 0 atom stereocenters. The average Bonchev–Trinajstić information content (AvgIpc) is 2.42. The van der Waals surface area contributed by atoms with Gasteiger partial charge in [-0.15, -0.1) is 0 Å². The lowest BCUT2D eigenvalue weighted by molar-refractivity contribution is -0.129. The lowest BCUT2D eigenvalue weighted by Gasteiger charge is -2.32. The third kappa shape index (κ3) is 3.36. The Morgan fingerprint density at radius 2 is 2.11 bits per heavy atom. The number of piperidine rings is 1. The fourth-order valence-electron chi connectivity index (χ4n) is 2.30. The lowest BCUT2D eigenvalue weighted by atomic mass is 10.0. The van der Waals surface area contributed by atoms with Gasteiger partial charge in [0.1, 0.15) is 11.6 Å². The molecule has 0 bridgehead atoms. The molecule has 1 fully saturated rings. The summed E-state index contributed by atoms with van der Waals surface area (Å²) in [6, 6.07) is 4.84. The van der Waals surface area contributed by atoms with Crippen molar-refractivity contribution in [2.75, 3.05) is 25.5 Å². The molecule has 0 aromatic heterocycles. The standard InChI is InChI=1S/C14H19FN2O2/c1-10(18)17-7-5-11(6-8-17)16-14-9-12(19-2)3-4-13(14)15/h3-4,9,11,16H,5-8H2,1-2H3. The smallest absolute Gasteiger partial charge is 0.219 e. The van der Waals surface area contributed by atoms with E-state index in [0.29, 0.717) is 11.4 Å². The van der Waals surface area contributed by atoms with Gasteiger partial charge in [-0.3, -0.25) is 4.79 Å². The number of anilines is 1. The summed E-state index contributed by atoms with van der Waals surface area (Å²) in [6.45, 7) is 3.02. The van der Waals surface area contributed by atoms with Crippen molar-refractivity contribution in [2.24, 2.45) is 0 Å². The molecule has 1 aromatic carbocycles. The van der Waals surface area contributed by atoms with Gasteiger partial charge in [-0.05, 0) is 25.0 Å². The maximum Gasteiger partial charge on any atom is 0.219 e. The number of halogens is 1. The highest BCUT2D eigenvalue weighted by atomic mass is 19.1. The molecule has 1 saturated heterocycles. The number of hydrogen-bond acceptors (Lipinski definition) is 3. The second kappa shape index (κ2) is 5.91. The monoisotopic (exact) mass is 266 g/mol. The van der Waals surface area contributed by atoms with Crippen molar-refractivity contribution in [3.63, 3.8) is 0 Å². The van der Waals surface area contributed by atoms with Crippen molar-refractivity contribution in [1.82, 2.24) is 4.90 Å². The van der Waals surface area contributed by atoms with Crippen molar-refractivity contribution < 1.29 is 13.9 Å². The fourth-order valence-corrected chi connectivity index (χ4v) is 2.30. The zero-order valence-electron chi connectivity index (χ0n) is 11.3. The molecule has 0 spiro atoms. The quantitative estimate of drug-likeness (QED) is 0.912. The van der Waals surface area contributed by atoms with Crippen LogP contribution < -0.4 is 10.1 Å². The van der Waals surface area contributed by atoms with Gasteiger partial charge in [0.2, 0.25) is 5.91 Å². The lowest BCUT2D eigenvalue weighted by Crippen LogP contribution is -2.41. The Labute approximate surface area is 112 Å². The molecule has 0 aliphatic carbocycles. The first kappa shape index (κ1) is 13.6. The summed E-state index contributed by atoms with van der Waals surface area (Å²) in [5.74, 6) is 0.450. The molecule has 19 heavy (non-hydrogen) atoms. The van der Waals surface area contributed by atoms with Crippen LogP contribution >= 0.6 is 0 Å². The SMILES string of the molecule is COc1ccc(F)c(NC2CCN(C(C)=O)CC2)c1. The van der Waals surface area contributed by atoms with Crippen LogP contribution in [-0.4, -0.2) is 37.0 Å². The highest BCUT2D eigenvalue weighted by Crippen LogP contribution is 2.24. The summed E-state index contributed by atoms with van der Waals surface area (Å²) < 4.78 is 18.8. The number of hydrogen-bond donors (Lipinski definition) is 1. The molecule has 1 N–H and O–H groups in total. The van der Waals surface area contributed by atoms with Gasteiger partial charge >= 0.3 is 0 Å². The topological polar surface area (TPSA) is 41.6 Å². The highest BCUT2D eigenvalue weighted by molar-refractivity contribution is 5.73. The normalized spacial score (nSPS) is 16.3. The minimum Gasteiger partial charge on any atom is -0.497 e. The van der Waals surface area contributed by atoms with Crippen molar-refractivity contribution >= 4 is 11.6 Å². The molecule has 1 aliphatic rings. The minimum atomic E-state index is -0.283. The molecular weight excluding hydrogens is 247 g/mol. The Kier molecular flexibility index (Phi) is 4.24. The summed E-state index contributed by atoms with van der Waals surface area (Å²) in [4.78, 5) is 13.0. The van der Waals surface area contributed by atoms with Crippen molar-refractivity contribution in [3.8, 4) is 5.75 Å². The molecule has 5 heteroatoms. The van der Waals surface area contributed by atoms with Crippen LogP contribution in [0.3, 0.4) is 0 Å². The minimum absolute atomic E-state index is 0.103. The molecule has 1 aliphatic heterocycles. The van der Waals surface area contributed by atoms with Crippen LogP contribution in [-0.2, 0) is 4.79 Å². The van der Waals surface area contributed by atoms with Crippen LogP contribution in [0.2, 0.25) is 0 Å². The first-order valence-corrected chi connectivity index (χ1v) is 6.45. The van der Waals surface area contributed by atoms with E-state index in [4.69, 9.17) is 4.74 Å². The van der Waals surface area contributed by atoms with Gasteiger partial charge in [0.15, 0.2) is 0 Å². The van der Waals surface area contributed by atoms with Crippen LogP contribution in [0.4, 0.5) is 10.1 Å². The summed E-state index contributed by atoms with van der Waals surface area (Å²) >= 11 is 0. The van der Waals surface area contributed by atoms with E-state index in [1.165, 1.54) is 6.07 Å². The van der Waals surface area contributed by atoms with Gasteiger partial charge < -0.3 is 15.0 Å². The van der Waals surface area contributed by atoms with E-state index in [1.54, 1.807) is 26.2 Å². The number of nitrogens with one attached hydrogen (secondary N) is 1. The van der Waals surface area contributed by atoms with E-state index >= 15 is 0 Å². The molecule has 1 amide bonds. The molecule has 0 radical (unpaired) electrons. The van der Waals surface area contributed by atoms with Gasteiger partial charge in [0.25, 0.3) is 0 Å². The van der Waals surface area contributed by atoms with Gasteiger partial charge in [0, 0.05) is 32.1 Å². The molecule has 4 nitrogen and oxygen atoms in total. The van der Waals surface area contributed by atoms with E-state index in [1.807, 2.05) is 4.90 Å². The van der Waals surface area contributed by atoms with E-state index in [0.717, 1.165) is 25.9 Å². The van der Waals surface area contributed by atoms with Gasteiger partial charge in [-0.1, -0.05) is 0 Å². The Bertz CT molecular complexity index is 457. The van der Waals surface area contributed by atoms with Crippen molar-refractivity contribution in [3.05, 3.63) is 24.0 Å². The van der Waals surface area contributed by atoms with E-state index in [2.05, 4.69) is 5.32 Å². The summed E-state index contributed by atoms with van der Waals surface area (Å²) in [6.07, 6.45) is 1.66. The third-order valence-corrected chi connectivity index (χ3v) is 3.47. The highest BCUT2D eigenvalue weighted by Gasteiger charge is 2.21. The Morgan fingerprint density at radius 1 is 1.42 bits per heavy atom. The van der Waals surface area contributed by atoms with Gasteiger partial charge in [-0.2, -0.15) is 0 Å². The Morgan fingerprint density at radius 3 is 2.68 bits per heavy atom. The average molecular weight is 266 g/mol.